The summed E-state index contributed by atoms with van der Waals surface area (Å²) in [7, 11) is 0. The highest BCUT2D eigenvalue weighted by atomic mass is 35.5. The predicted octanol–water partition coefficient (Wildman–Crippen LogP) is 5.36. The molecule has 0 aromatic heterocycles. The Labute approximate surface area is 128 Å². The highest BCUT2D eigenvalue weighted by Gasteiger charge is 2.25. The molecule has 20 heavy (non-hydrogen) atoms. The first-order valence-corrected chi connectivity index (χ1v) is 8.05. The number of benzene rings is 2. The summed E-state index contributed by atoms with van der Waals surface area (Å²) in [6.07, 6.45) is 1.01. The Bertz CT molecular complexity index is 703. The van der Waals surface area contributed by atoms with E-state index in [2.05, 4.69) is 25.1 Å². The van der Waals surface area contributed by atoms with Crippen molar-refractivity contribution in [2.24, 2.45) is 0 Å². The fourth-order valence-corrected chi connectivity index (χ4v) is 4.44. The predicted molar refractivity (Wildman–Crippen MR) is 84.3 cm³/mol. The minimum Gasteiger partial charge on any atom is -0.192 e. The highest BCUT2D eigenvalue weighted by Crippen LogP contribution is 2.45. The van der Waals surface area contributed by atoms with Gasteiger partial charge in [-0.3, -0.25) is 0 Å². The summed E-state index contributed by atoms with van der Waals surface area (Å²) < 4.78 is 0. The van der Waals surface area contributed by atoms with Crippen molar-refractivity contribution in [2.75, 3.05) is 0 Å². The van der Waals surface area contributed by atoms with Gasteiger partial charge in [0.15, 0.2) is 0 Å². The zero-order valence-corrected chi connectivity index (χ0v) is 12.8. The molecule has 0 saturated heterocycles. The Morgan fingerprint density at radius 1 is 1.25 bits per heavy atom. The Balaban J connectivity index is 2.25. The van der Waals surface area contributed by atoms with Gasteiger partial charge in [-0.05, 0) is 35.2 Å². The van der Waals surface area contributed by atoms with Gasteiger partial charge in [-0.25, -0.2) is 0 Å². The molecule has 100 valence electrons. The Morgan fingerprint density at radius 3 is 2.75 bits per heavy atom. The average molecular weight is 300 g/mol. The SMILES string of the molecule is CCC1c2cccc(C#N)c2CSc2c(Cl)cccc21. The highest BCUT2D eigenvalue weighted by molar-refractivity contribution is 7.98. The van der Waals surface area contributed by atoms with Crippen LogP contribution in [0, 0.1) is 11.3 Å². The summed E-state index contributed by atoms with van der Waals surface area (Å²) in [4.78, 5) is 1.17. The van der Waals surface area contributed by atoms with Gasteiger partial charge in [-0.15, -0.1) is 11.8 Å². The van der Waals surface area contributed by atoms with Crippen molar-refractivity contribution >= 4 is 23.4 Å². The molecule has 0 amide bonds. The van der Waals surface area contributed by atoms with Gasteiger partial charge in [0, 0.05) is 16.6 Å². The third-order valence-corrected chi connectivity index (χ3v) is 5.45. The van der Waals surface area contributed by atoms with Crippen molar-refractivity contribution in [1.29, 1.82) is 5.26 Å². The monoisotopic (exact) mass is 299 g/mol. The first kappa shape index (κ1) is 13.5. The van der Waals surface area contributed by atoms with Crippen LogP contribution in [0.15, 0.2) is 41.3 Å². The number of nitriles is 1. The van der Waals surface area contributed by atoms with Crippen LogP contribution in [0.25, 0.3) is 0 Å². The lowest BCUT2D eigenvalue weighted by Crippen LogP contribution is -2.03. The van der Waals surface area contributed by atoms with Crippen LogP contribution in [-0.4, -0.2) is 0 Å². The maximum Gasteiger partial charge on any atom is 0.0994 e. The lowest BCUT2D eigenvalue weighted by atomic mass is 9.85. The van der Waals surface area contributed by atoms with Crippen LogP contribution in [0.5, 0.6) is 0 Å². The first-order valence-electron chi connectivity index (χ1n) is 6.69. The van der Waals surface area contributed by atoms with Crippen molar-refractivity contribution in [3.05, 3.63) is 63.7 Å². The van der Waals surface area contributed by atoms with Gasteiger partial charge >= 0.3 is 0 Å². The second kappa shape index (κ2) is 5.52. The summed E-state index contributed by atoms with van der Waals surface area (Å²) in [5.41, 5.74) is 4.52. The Hall–Kier alpha value is -1.43. The maximum atomic E-state index is 9.33. The molecular weight excluding hydrogens is 286 g/mol. The summed E-state index contributed by atoms with van der Waals surface area (Å²) >= 11 is 8.11. The van der Waals surface area contributed by atoms with E-state index in [9.17, 15) is 5.26 Å². The third-order valence-electron chi connectivity index (χ3n) is 3.85. The largest absolute Gasteiger partial charge is 0.192 e. The van der Waals surface area contributed by atoms with E-state index >= 15 is 0 Å². The van der Waals surface area contributed by atoms with Crippen LogP contribution in [0.2, 0.25) is 5.02 Å². The minimum atomic E-state index is 0.321. The molecule has 1 unspecified atom stereocenters. The zero-order valence-electron chi connectivity index (χ0n) is 11.2. The maximum absolute atomic E-state index is 9.33. The van der Waals surface area contributed by atoms with Crippen molar-refractivity contribution < 1.29 is 0 Å². The van der Waals surface area contributed by atoms with E-state index in [1.165, 1.54) is 21.6 Å². The normalized spacial score (nSPS) is 16.8. The molecule has 2 aromatic rings. The number of hydrogen-bond donors (Lipinski definition) is 0. The molecule has 1 nitrogen and oxygen atoms in total. The second-order valence-corrected chi connectivity index (χ2v) is 6.29. The molecule has 0 fully saturated rings. The van der Waals surface area contributed by atoms with E-state index in [0.717, 1.165) is 22.8 Å². The minimum absolute atomic E-state index is 0.321. The van der Waals surface area contributed by atoms with Gasteiger partial charge in [-0.1, -0.05) is 42.8 Å². The van der Waals surface area contributed by atoms with Crippen molar-refractivity contribution in [3.8, 4) is 6.07 Å². The topological polar surface area (TPSA) is 23.8 Å². The third kappa shape index (κ3) is 2.12. The van der Waals surface area contributed by atoms with Crippen LogP contribution >= 0.6 is 23.4 Å². The van der Waals surface area contributed by atoms with E-state index in [1.54, 1.807) is 11.8 Å². The molecule has 3 heteroatoms. The number of halogens is 1. The summed E-state index contributed by atoms with van der Waals surface area (Å²) in [6.45, 7) is 2.19. The van der Waals surface area contributed by atoms with Gasteiger partial charge in [0.1, 0.15) is 0 Å². The van der Waals surface area contributed by atoms with Crippen LogP contribution in [0.1, 0.15) is 41.5 Å². The second-order valence-electron chi connectivity index (χ2n) is 4.89. The smallest absolute Gasteiger partial charge is 0.0994 e. The summed E-state index contributed by atoms with van der Waals surface area (Å²) in [5.74, 6) is 1.13. The fraction of sp³-hybridized carbons (Fsp3) is 0.235. The molecule has 1 atom stereocenters. The van der Waals surface area contributed by atoms with E-state index in [0.29, 0.717) is 5.92 Å². The molecule has 3 rings (SSSR count). The molecule has 1 aliphatic rings. The molecule has 1 heterocycles. The van der Waals surface area contributed by atoms with Gasteiger partial charge in [0.2, 0.25) is 0 Å². The van der Waals surface area contributed by atoms with Crippen molar-refractivity contribution in [2.45, 2.75) is 29.9 Å². The summed E-state index contributed by atoms with van der Waals surface area (Å²) in [6, 6.07) is 14.5. The number of nitrogens with zero attached hydrogens (tertiary/aromatic N) is 1. The molecule has 0 spiro atoms. The van der Waals surface area contributed by atoms with E-state index in [1.807, 2.05) is 24.3 Å². The van der Waals surface area contributed by atoms with Crippen molar-refractivity contribution in [1.82, 2.24) is 0 Å². The molecule has 0 bridgehead atoms. The van der Waals surface area contributed by atoms with E-state index in [4.69, 9.17) is 11.6 Å². The Morgan fingerprint density at radius 2 is 2.00 bits per heavy atom. The first-order chi connectivity index (χ1) is 9.76. The molecule has 0 aliphatic carbocycles. The van der Waals surface area contributed by atoms with Gasteiger partial charge in [0.25, 0.3) is 0 Å². The van der Waals surface area contributed by atoms with Gasteiger partial charge in [0.05, 0.1) is 16.7 Å². The molecule has 0 radical (unpaired) electrons. The van der Waals surface area contributed by atoms with E-state index in [-0.39, 0.29) is 0 Å². The quantitative estimate of drug-likeness (QED) is 0.708. The molecule has 0 saturated carbocycles. The molecule has 2 aromatic carbocycles. The van der Waals surface area contributed by atoms with Crippen molar-refractivity contribution in [3.63, 3.8) is 0 Å². The van der Waals surface area contributed by atoms with Crippen LogP contribution in [0.4, 0.5) is 0 Å². The Kier molecular flexibility index (Phi) is 3.74. The van der Waals surface area contributed by atoms with Gasteiger partial charge in [-0.2, -0.15) is 5.26 Å². The van der Waals surface area contributed by atoms with Crippen LogP contribution < -0.4 is 0 Å². The zero-order chi connectivity index (χ0) is 14.1. The van der Waals surface area contributed by atoms with Crippen LogP contribution in [-0.2, 0) is 5.75 Å². The fourth-order valence-electron chi connectivity index (χ4n) is 2.90. The van der Waals surface area contributed by atoms with Gasteiger partial charge < -0.3 is 0 Å². The van der Waals surface area contributed by atoms with Crippen LogP contribution in [0.3, 0.4) is 0 Å². The number of thioether (sulfide) groups is 1. The average Bonchev–Trinajstić information content (AvgIpc) is 2.64. The molecular formula is C17H14ClNS. The molecule has 0 N–H and O–H groups in total. The van der Waals surface area contributed by atoms with E-state index < -0.39 is 0 Å². The summed E-state index contributed by atoms with van der Waals surface area (Å²) in [5, 5.41) is 10.1. The molecule has 1 aliphatic heterocycles. The standard InChI is InChI=1S/C17H14ClNS/c1-2-12-13-6-3-5-11(9-19)15(13)10-20-17-14(12)7-4-8-16(17)18/h3-8,12H,2,10H2,1H3. The number of hydrogen-bond acceptors (Lipinski definition) is 2. The lowest BCUT2D eigenvalue weighted by molar-refractivity contribution is 0.759. The number of fused-ring (bicyclic) bond motifs is 2. The lowest BCUT2D eigenvalue weighted by Gasteiger charge is -2.19. The number of rotatable bonds is 1.